The molecule has 0 aromatic carbocycles. The molecule has 0 unspecified atom stereocenters. The van der Waals surface area contributed by atoms with Gasteiger partial charge < -0.3 is 14.8 Å². The number of methoxy groups -OCH3 is 1. The Labute approximate surface area is 164 Å². The molecule has 148 valence electrons. The van der Waals surface area contributed by atoms with E-state index < -0.39 is 11.7 Å². The molecule has 1 aliphatic rings. The first-order chi connectivity index (χ1) is 13.2. The minimum Gasteiger partial charge on any atom is -0.495 e. The zero-order chi connectivity index (χ0) is 20.5. The number of hydrogen-bond acceptors (Lipinski definition) is 6. The van der Waals surface area contributed by atoms with Gasteiger partial charge in [-0.1, -0.05) is 6.92 Å². The number of pyridine rings is 2. The SMILES string of the molecule is COc1cccnc1[C@H]1[C@H](C(=O)Nc2ccnc(C(C)=O)c2)OC(C)(C)[C@H]1C. The van der Waals surface area contributed by atoms with Gasteiger partial charge in [-0.2, -0.15) is 0 Å². The highest BCUT2D eigenvalue weighted by Gasteiger charge is 2.52. The predicted octanol–water partition coefficient (Wildman–Crippen LogP) is 3.22. The van der Waals surface area contributed by atoms with Crippen molar-refractivity contribution in [3.05, 3.63) is 48.0 Å². The number of anilines is 1. The molecule has 28 heavy (non-hydrogen) atoms. The molecule has 1 saturated heterocycles. The first-order valence-electron chi connectivity index (χ1n) is 9.19. The van der Waals surface area contributed by atoms with Crippen LogP contribution in [0.3, 0.4) is 0 Å². The van der Waals surface area contributed by atoms with Crippen molar-refractivity contribution < 1.29 is 19.1 Å². The van der Waals surface area contributed by atoms with Gasteiger partial charge in [0.15, 0.2) is 5.78 Å². The third-order valence-electron chi connectivity index (χ3n) is 5.37. The summed E-state index contributed by atoms with van der Waals surface area (Å²) in [5, 5.41) is 2.85. The van der Waals surface area contributed by atoms with Gasteiger partial charge in [0, 0.05) is 30.9 Å². The lowest BCUT2D eigenvalue weighted by Crippen LogP contribution is -2.33. The van der Waals surface area contributed by atoms with Crippen LogP contribution >= 0.6 is 0 Å². The fourth-order valence-corrected chi connectivity index (χ4v) is 3.54. The maximum atomic E-state index is 13.1. The molecule has 0 bridgehead atoms. The molecule has 0 radical (unpaired) electrons. The number of nitrogens with zero attached hydrogens (tertiary/aromatic N) is 2. The summed E-state index contributed by atoms with van der Waals surface area (Å²) in [6.45, 7) is 7.41. The third-order valence-corrected chi connectivity index (χ3v) is 5.37. The van der Waals surface area contributed by atoms with E-state index in [0.717, 1.165) is 0 Å². The predicted molar refractivity (Wildman–Crippen MR) is 105 cm³/mol. The minimum atomic E-state index is -0.747. The second-order valence-corrected chi connectivity index (χ2v) is 7.52. The first kappa shape index (κ1) is 19.9. The number of hydrogen-bond donors (Lipinski definition) is 1. The van der Waals surface area contributed by atoms with E-state index in [1.807, 2.05) is 26.8 Å². The minimum absolute atomic E-state index is 0.0253. The van der Waals surface area contributed by atoms with Crippen LogP contribution in [-0.2, 0) is 9.53 Å². The highest BCUT2D eigenvalue weighted by molar-refractivity contribution is 5.97. The number of amides is 1. The van der Waals surface area contributed by atoms with Crippen LogP contribution in [0.1, 0.15) is 49.8 Å². The quantitative estimate of drug-likeness (QED) is 0.797. The number of rotatable bonds is 5. The van der Waals surface area contributed by atoms with E-state index in [1.54, 1.807) is 31.5 Å². The molecule has 0 spiro atoms. The summed E-state index contributed by atoms with van der Waals surface area (Å²) in [6, 6.07) is 6.82. The molecule has 3 atom stereocenters. The van der Waals surface area contributed by atoms with Crippen molar-refractivity contribution in [2.45, 2.75) is 45.3 Å². The number of Topliss-reactive ketones (excluding diaryl/α,β-unsaturated/α-hetero) is 1. The van der Waals surface area contributed by atoms with Crippen LogP contribution in [0.2, 0.25) is 0 Å². The zero-order valence-electron chi connectivity index (χ0n) is 16.7. The molecular formula is C21H25N3O4. The summed E-state index contributed by atoms with van der Waals surface area (Å²) >= 11 is 0. The maximum Gasteiger partial charge on any atom is 0.254 e. The van der Waals surface area contributed by atoms with Crippen LogP contribution in [0.4, 0.5) is 5.69 Å². The van der Waals surface area contributed by atoms with Crippen molar-refractivity contribution in [3.8, 4) is 5.75 Å². The molecule has 7 nitrogen and oxygen atoms in total. The monoisotopic (exact) mass is 383 g/mol. The number of carbonyl (C=O) groups excluding carboxylic acids is 2. The van der Waals surface area contributed by atoms with Crippen molar-refractivity contribution in [2.24, 2.45) is 5.92 Å². The Bertz CT molecular complexity index is 897. The number of ether oxygens (including phenoxy) is 2. The molecule has 1 N–H and O–H groups in total. The van der Waals surface area contributed by atoms with E-state index in [4.69, 9.17) is 9.47 Å². The Morgan fingerprint density at radius 3 is 2.64 bits per heavy atom. The van der Waals surface area contributed by atoms with Gasteiger partial charge in [0.2, 0.25) is 0 Å². The van der Waals surface area contributed by atoms with E-state index in [1.165, 1.54) is 13.1 Å². The third kappa shape index (κ3) is 3.75. The van der Waals surface area contributed by atoms with Gasteiger partial charge >= 0.3 is 0 Å². The summed E-state index contributed by atoms with van der Waals surface area (Å²) in [7, 11) is 1.58. The summed E-state index contributed by atoms with van der Waals surface area (Å²) in [4.78, 5) is 33.1. The molecule has 3 heterocycles. The summed E-state index contributed by atoms with van der Waals surface area (Å²) in [5.41, 5.74) is 0.972. The van der Waals surface area contributed by atoms with Crippen molar-refractivity contribution >= 4 is 17.4 Å². The van der Waals surface area contributed by atoms with Crippen LogP contribution < -0.4 is 10.1 Å². The highest BCUT2D eigenvalue weighted by atomic mass is 16.5. The molecule has 2 aromatic rings. The lowest BCUT2D eigenvalue weighted by molar-refractivity contribution is -0.131. The van der Waals surface area contributed by atoms with Crippen molar-refractivity contribution in [1.29, 1.82) is 0 Å². The van der Waals surface area contributed by atoms with Gasteiger partial charge in [0.1, 0.15) is 17.5 Å². The first-order valence-corrected chi connectivity index (χ1v) is 9.19. The maximum absolute atomic E-state index is 13.1. The smallest absolute Gasteiger partial charge is 0.254 e. The zero-order valence-corrected chi connectivity index (χ0v) is 16.7. The van der Waals surface area contributed by atoms with Crippen LogP contribution in [0.25, 0.3) is 0 Å². The summed E-state index contributed by atoms with van der Waals surface area (Å²) < 4.78 is 11.6. The van der Waals surface area contributed by atoms with Gasteiger partial charge in [-0.25, -0.2) is 0 Å². The van der Waals surface area contributed by atoms with Gasteiger partial charge in [0.05, 0.1) is 18.4 Å². The molecular weight excluding hydrogens is 358 g/mol. The number of ketones is 1. The van der Waals surface area contributed by atoms with E-state index in [2.05, 4.69) is 15.3 Å². The number of nitrogens with one attached hydrogen (secondary N) is 1. The van der Waals surface area contributed by atoms with Gasteiger partial charge in [-0.05, 0) is 44.0 Å². The van der Waals surface area contributed by atoms with Gasteiger partial charge in [-0.3, -0.25) is 19.6 Å². The molecule has 1 aliphatic heterocycles. The van der Waals surface area contributed by atoms with Gasteiger partial charge in [0.25, 0.3) is 5.91 Å². The van der Waals surface area contributed by atoms with Crippen LogP contribution in [-0.4, -0.2) is 40.5 Å². The second kappa shape index (κ2) is 7.67. The Kier molecular flexibility index (Phi) is 5.47. The molecule has 1 amide bonds. The summed E-state index contributed by atoms with van der Waals surface area (Å²) in [6.07, 6.45) is 2.43. The lowest BCUT2D eigenvalue weighted by atomic mass is 9.80. The Morgan fingerprint density at radius 1 is 1.21 bits per heavy atom. The van der Waals surface area contributed by atoms with E-state index in [0.29, 0.717) is 22.8 Å². The van der Waals surface area contributed by atoms with E-state index in [9.17, 15) is 9.59 Å². The van der Waals surface area contributed by atoms with Crippen molar-refractivity contribution in [1.82, 2.24) is 9.97 Å². The van der Waals surface area contributed by atoms with Crippen molar-refractivity contribution in [2.75, 3.05) is 12.4 Å². The molecule has 0 aliphatic carbocycles. The normalized spacial score (nSPS) is 23.2. The van der Waals surface area contributed by atoms with Crippen LogP contribution in [0.15, 0.2) is 36.7 Å². The van der Waals surface area contributed by atoms with Gasteiger partial charge in [-0.15, -0.1) is 0 Å². The van der Waals surface area contributed by atoms with E-state index >= 15 is 0 Å². The largest absolute Gasteiger partial charge is 0.495 e. The Hall–Kier alpha value is -2.80. The molecule has 7 heteroatoms. The molecule has 0 saturated carbocycles. The molecule has 3 rings (SSSR count). The molecule has 2 aromatic heterocycles. The lowest BCUT2D eigenvalue weighted by Gasteiger charge is -2.24. The average Bonchev–Trinajstić information content (AvgIpc) is 2.91. The fourth-order valence-electron chi connectivity index (χ4n) is 3.54. The number of carbonyl (C=O) groups is 2. The Morgan fingerprint density at radius 2 is 1.96 bits per heavy atom. The second-order valence-electron chi connectivity index (χ2n) is 7.52. The van der Waals surface area contributed by atoms with Crippen LogP contribution in [0, 0.1) is 5.92 Å². The summed E-state index contributed by atoms with van der Waals surface area (Å²) in [5.74, 6) is -0.0892. The topological polar surface area (TPSA) is 90.4 Å². The Balaban J connectivity index is 1.93. The van der Waals surface area contributed by atoms with E-state index in [-0.39, 0.29) is 23.5 Å². The molecule has 1 fully saturated rings. The standard InChI is InChI=1S/C21H25N3O4/c1-12-17(18-16(27-5)7-6-9-23-18)19(28-21(12,3)4)20(26)24-14-8-10-22-15(11-14)13(2)25/h6-12,17,19H,1-5H3,(H,22,24,26)/t12-,17-,19+/m0/s1. The van der Waals surface area contributed by atoms with Crippen LogP contribution in [0.5, 0.6) is 5.75 Å². The highest BCUT2D eigenvalue weighted by Crippen LogP contribution is 2.47. The number of aromatic nitrogens is 2. The fraction of sp³-hybridized carbons (Fsp3) is 0.429. The van der Waals surface area contributed by atoms with Crippen molar-refractivity contribution in [3.63, 3.8) is 0 Å². The average molecular weight is 383 g/mol.